The summed E-state index contributed by atoms with van der Waals surface area (Å²) in [6, 6.07) is 0.214. The molecule has 1 saturated heterocycles. The monoisotopic (exact) mass is 286 g/mol. The first-order valence-electron chi connectivity index (χ1n) is 6.91. The molecule has 5 nitrogen and oxygen atoms in total. The molecule has 6 heteroatoms. The number of rotatable bonds is 6. The van der Waals surface area contributed by atoms with Gasteiger partial charge in [0.2, 0.25) is 0 Å². The smallest absolute Gasteiger partial charge is 0.0847 e. The molecule has 2 heterocycles. The third-order valence-electron chi connectivity index (χ3n) is 3.77. The van der Waals surface area contributed by atoms with Gasteiger partial charge in [0.15, 0.2) is 0 Å². The molecule has 1 aromatic heterocycles. The normalized spacial score (nSPS) is 20.9. The molecular formula is C13H23ClN4O. The molecule has 108 valence electrons. The Morgan fingerprint density at radius 1 is 1.63 bits per heavy atom. The fourth-order valence-electron chi connectivity index (χ4n) is 2.68. The molecule has 1 aliphatic heterocycles. The number of aromatic nitrogens is 2. The molecule has 3 N–H and O–H groups in total. The number of nitrogens with one attached hydrogen (secondary N) is 1. The van der Waals surface area contributed by atoms with Crippen LogP contribution in [-0.2, 0) is 17.7 Å². The van der Waals surface area contributed by atoms with Crippen LogP contribution in [0.15, 0.2) is 0 Å². The van der Waals surface area contributed by atoms with Gasteiger partial charge in [0.1, 0.15) is 0 Å². The van der Waals surface area contributed by atoms with Crippen LogP contribution < -0.4 is 11.3 Å². The maximum absolute atomic E-state index is 6.33. The number of hydrogen-bond donors (Lipinski definition) is 2. The van der Waals surface area contributed by atoms with Crippen LogP contribution in [0.4, 0.5) is 0 Å². The van der Waals surface area contributed by atoms with E-state index in [0.717, 1.165) is 55.4 Å². The Hall–Kier alpha value is -0.620. The van der Waals surface area contributed by atoms with Crippen molar-refractivity contribution in [2.75, 3.05) is 13.2 Å². The van der Waals surface area contributed by atoms with Crippen LogP contribution in [0.3, 0.4) is 0 Å². The van der Waals surface area contributed by atoms with Crippen molar-refractivity contribution in [1.82, 2.24) is 15.2 Å². The molecule has 1 aliphatic rings. The lowest BCUT2D eigenvalue weighted by Gasteiger charge is -2.19. The highest BCUT2D eigenvalue weighted by atomic mass is 35.5. The Kier molecular flexibility index (Phi) is 5.21. The third kappa shape index (κ3) is 3.48. The first kappa shape index (κ1) is 14.8. The molecule has 0 bridgehead atoms. The van der Waals surface area contributed by atoms with Gasteiger partial charge in [-0.15, -0.1) is 0 Å². The van der Waals surface area contributed by atoms with Gasteiger partial charge >= 0.3 is 0 Å². The number of ether oxygens (including phenoxy) is 1. The number of nitrogens with zero attached hydrogens (tertiary/aromatic N) is 2. The zero-order valence-electron chi connectivity index (χ0n) is 11.7. The molecule has 1 fully saturated rings. The van der Waals surface area contributed by atoms with Crippen molar-refractivity contribution < 1.29 is 4.74 Å². The van der Waals surface area contributed by atoms with Crippen LogP contribution in [0.5, 0.6) is 0 Å². The van der Waals surface area contributed by atoms with Crippen molar-refractivity contribution in [1.29, 1.82) is 0 Å². The zero-order chi connectivity index (χ0) is 13.8. The standard InChI is InChI=1S/C13H23ClN4O/c1-3-18-12(13(14)9(2)17-18)7-11(16-15)6-10-4-5-19-8-10/h10-11,16H,3-8,15H2,1-2H3. The Morgan fingerprint density at radius 3 is 3.00 bits per heavy atom. The molecule has 0 saturated carbocycles. The van der Waals surface area contributed by atoms with Gasteiger partial charge < -0.3 is 4.74 Å². The summed E-state index contributed by atoms with van der Waals surface area (Å²) in [6.45, 7) is 6.55. The Morgan fingerprint density at radius 2 is 2.42 bits per heavy atom. The minimum Gasteiger partial charge on any atom is -0.381 e. The van der Waals surface area contributed by atoms with Crippen LogP contribution in [0.1, 0.15) is 31.2 Å². The van der Waals surface area contributed by atoms with Crippen molar-refractivity contribution in [3.8, 4) is 0 Å². The van der Waals surface area contributed by atoms with Gasteiger partial charge in [0, 0.05) is 32.2 Å². The van der Waals surface area contributed by atoms with E-state index in [2.05, 4.69) is 17.4 Å². The molecule has 1 aromatic rings. The second-order valence-corrected chi connectivity index (χ2v) is 5.57. The van der Waals surface area contributed by atoms with Crippen LogP contribution in [0.25, 0.3) is 0 Å². The fourth-order valence-corrected chi connectivity index (χ4v) is 2.89. The second-order valence-electron chi connectivity index (χ2n) is 5.19. The van der Waals surface area contributed by atoms with Crippen LogP contribution in [0, 0.1) is 12.8 Å². The number of hydrazine groups is 1. The van der Waals surface area contributed by atoms with E-state index in [1.165, 1.54) is 0 Å². The lowest BCUT2D eigenvalue weighted by atomic mass is 9.96. The molecule has 0 amide bonds. The Bertz CT molecular complexity index is 415. The molecule has 0 aromatic carbocycles. The molecule has 2 atom stereocenters. The highest BCUT2D eigenvalue weighted by molar-refractivity contribution is 6.31. The number of aryl methyl sites for hydroxylation is 2. The van der Waals surface area contributed by atoms with Crippen molar-refractivity contribution in [3.63, 3.8) is 0 Å². The van der Waals surface area contributed by atoms with E-state index < -0.39 is 0 Å². The van der Waals surface area contributed by atoms with Crippen LogP contribution in [0.2, 0.25) is 5.02 Å². The predicted octanol–water partition coefficient (Wildman–Crippen LogP) is 1.67. The van der Waals surface area contributed by atoms with Gasteiger partial charge in [-0.2, -0.15) is 5.10 Å². The molecule has 2 unspecified atom stereocenters. The summed E-state index contributed by atoms with van der Waals surface area (Å²) in [5.41, 5.74) is 4.87. The van der Waals surface area contributed by atoms with Crippen LogP contribution in [-0.4, -0.2) is 29.0 Å². The van der Waals surface area contributed by atoms with E-state index in [-0.39, 0.29) is 6.04 Å². The number of hydrogen-bond acceptors (Lipinski definition) is 4. The highest BCUT2D eigenvalue weighted by Gasteiger charge is 2.23. The second kappa shape index (κ2) is 6.70. The fraction of sp³-hybridized carbons (Fsp3) is 0.769. The topological polar surface area (TPSA) is 65.1 Å². The summed E-state index contributed by atoms with van der Waals surface area (Å²) in [5.74, 6) is 6.28. The van der Waals surface area contributed by atoms with E-state index in [1.807, 2.05) is 11.6 Å². The lowest BCUT2D eigenvalue weighted by Crippen LogP contribution is -2.39. The molecule has 0 spiro atoms. The van der Waals surface area contributed by atoms with Crippen molar-refractivity contribution in [2.45, 2.75) is 45.7 Å². The predicted molar refractivity (Wildman–Crippen MR) is 76.0 cm³/mol. The Labute approximate surface area is 119 Å². The third-order valence-corrected chi connectivity index (χ3v) is 4.26. The average Bonchev–Trinajstić information content (AvgIpc) is 3.01. The SMILES string of the molecule is CCn1nc(C)c(Cl)c1CC(CC1CCOC1)NN. The Balaban J connectivity index is 2.04. The molecule has 0 radical (unpaired) electrons. The van der Waals surface area contributed by atoms with Gasteiger partial charge in [-0.25, -0.2) is 0 Å². The summed E-state index contributed by atoms with van der Waals surface area (Å²) in [7, 11) is 0. The quantitative estimate of drug-likeness (QED) is 0.617. The molecule has 0 aliphatic carbocycles. The highest BCUT2D eigenvalue weighted by Crippen LogP contribution is 2.24. The van der Waals surface area contributed by atoms with Gasteiger partial charge in [-0.3, -0.25) is 16.0 Å². The zero-order valence-corrected chi connectivity index (χ0v) is 12.4. The summed E-state index contributed by atoms with van der Waals surface area (Å²) >= 11 is 6.33. The number of nitrogens with two attached hydrogens (primary N) is 1. The van der Waals surface area contributed by atoms with Crippen molar-refractivity contribution in [3.05, 3.63) is 16.4 Å². The van der Waals surface area contributed by atoms with Gasteiger partial charge in [-0.05, 0) is 32.6 Å². The molecule has 19 heavy (non-hydrogen) atoms. The first-order chi connectivity index (χ1) is 9.15. The molecular weight excluding hydrogens is 264 g/mol. The van der Waals surface area contributed by atoms with Gasteiger partial charge in [0.05, 0.1) is 16.4 Å². The lowest BCUT2D eigenvalue weighted by molar-refractivity contribution is 0.181. The summed E-state index contributed by atoms with van der Waals surface area (Å²) in [6.07, 6.45) is 2.94. The van der Waals surface area contributed by atoms with E-state index in [0.29, 0.717) is 5.92 Å². The van der Waals surface area contributed by atoms with Crippen molar-refractivity contribution >= 4 is 11.6 Å². The maximum Gasteiger partial charge on any atom is 0.0847 e. The average molecular weight is 287 g/mol. The van der Waals surface area contributed by atoms with E-state index >= 15 is 0 Å². The van der Waals surface area contributed by atoms with E-state index in [4.69, 9.17) is 22.2 Å². The van der Waals surface area contributed by atoms with Gasteiger partial charge in [-0.1, -0.05) is 11.6 Å². The van der Waals surface area contributed by atoms with Crippen molar-refractivity contribution in [2.24, 2.45) is 11.8 Å². The molecule has 2 rings (SSSR count). The van der Waals surface area contributed by atoms with Crippen LogP contribution >= 0.6 is 11.6 Å². The van der Waals surface area contributed by atoms with E-state index in [9.17, 15) is 0 Å². The summed E-state index contributed by atoms with van der Waals surface area (Å²) in [4.78, 5) is 0. The van der Waals surface area contributed by atoms with E-state index in [1.54, 1.807) is 0 Å². The summed E-state index contributed by atoms with van der Waals surface area (Å²) < 4.78 is 7.38. The maximum atomic E-state index is 6.33. The minimum absolute atomic E-state index is 0.214. The summed E-state index contributed by atoms with van der Waals surface area (Å²) in [5, 5.41) is 5.21. The largest absolute Gasteiger partial charge is 0.381 e. The first-order valence-corrected chi connectivity index (χ1v) is 7.29. The number of halogens is 1. The van der Waals surface area contributed by atoms with Gasteiger partial charge in [0.25, 0.3) is 0 Å². The minimum atomic E-state index is 0.214.